The molecule has 1 aliphatic heterocycles. The highest BCUT2D eigenvalue weighted by molar-refractivity contribution is 5.74. The highest BCUT2D eigenvalue weighted by Gasteiger charge is 2.12. The maximum Gasteiger partial charge on any atom is 0.238 e. The monoisotopic (exact) mass is 311 g/mol. The van der Waals surface area contributed by atoms with Gasteiger partial charge in [-0.1, -0.05) is 0 Å². The Kier molecular flexibility index (Phi) is 3.55. The quantitative estimate of drug-likeness (QED) is 0.794. The maximum atomic E-state index is 5.75. The van der Waals surface area contributed by atoms with E-state index in [2.05, 4.69) is 25.4 Å². The first-order chi connectivity index (χ1) is 11.3. The lowest BCUT2D eigenvalue weighted by Crippen LogP contribution is -2.43. The number of ether oxygens (including phenoxy) is 1. The second kappa shape index (κ2) is 5.85. The van der Waals surface area contributed by atoms with Gasteiger partial charge in [0.1, 0.15) is 11.3 Å². The Labute approximate surface area is 133 Å². The van der Waals surface area contributed by atoms with E-state index in [9.17, 15) is 0 Å². The highest BCUT2D eigenvalue weighted by atomic mass is 16.5. The standard InChI is InChI=1S/C16H17N5O2/c1-11-18-13-10-12(2-3-14(13)22-11)23-16-5-4-15(19-20-16)21-8-6-17-7-9-21/h2-5,10,17H,6-9H2,1H3. The first kappa shape index (κ1) is 14.0. The van der Waals surface area contributed by atoms with Gasteiger partial charge in [0.25, 0.3) is 0 Å². The van der Waals surface area contributed by atoms with Gasteiger partial charge in [0.05, 0.1) is 0 Å². The number of hydrogen-bond acceptors (Lipinski definition) is 7. The smallest absolute Gasteiger partial charge is 0.238 e. The van der Waals surface area contributed by atoms with Gasteiger partial charge in [-0.3, -0.25) is 0 Å². The van der Waals surface area contributed by atoms with E-state index in [0.29, 0.717) is 17.5 Å². The number of piperazine rings is 1. The predicted octanol–water partition coefficient (Wildman–Crippen LogP) is 2.13. The summed E-state index contributed by atoms with van der Waals surface area (Å²) in [5.74, 6) is 2.64. The van der Waals surface area contributed by atoms with Crippen LogP contribution in [-0.4, -0.2) is 41.4 Å². The van der Waals surface area contributed by atoms with Crippen molar-refractivity contribution in [2.75, 3.05) is 31.1 Å². The van der Waals surface area contributed by atoms with E-state index < -0.39 is 0 Å². The van der Waals surface area contributed by atoms with Crippen LogP contribution in [-0.2, 0) is 0 Å². The Hall–Kier alpha value is -2.67. The molecular weight excluding hydrogens is 294 g/mol. The summed E-state index contributed by atoms with van der Waals surface area (Å²) in [6.07, 6.45) is 0. The summed E-state index contributed by atoms with van der Waals surface area (Å²) in [6, 6.07) is 9.28. The van der Waals surface area contributed by atoms with Crippen LogP contribution in [0.5, 0.6) is 11.6 Å². The second-order valence-electron chi connectivity index (χ2n) is 5.43. The first-order valence-corrected chi connectivity index (χ1v) is 7.62. The fraction of sp³-hybridized carbons (Fsp3) is 0.312. The molecule has 1 aliphatic rings. The number of nitrogens with zero attached hydrogens (tertiary/aromatic N) is 4. The van der Waals surface area contributed by atoms with Gasteiger partial charge < -0.3 is 19.4 Å². The molecule has 3 heterocycles. The minimum absolute atomic E-state index is 0.462. The molecule has 0 unspecified atom stereocenters. The van der Waals surface area contributed by atoms with Gasteiger partial charge in [0, 0.05) is 45.2 Å². The minimum Gasteiger partial charge on any atom is -0.441 e. The van der Waals surface area contributed by atoms with E-state index in [0.717, 1.165) is 43.1 Å². The van der Waals surface area contributed by atoms with Crippen molar-refractivity contribution in [2.45, 2.75) is 6.92 Å². The van der Waals surface area contributed by atoms with E-state index in [1.165, 1.54) is 0 Å². The van der Waals surface area contributed by atoms with Gasteiger partial charge in [-0.15, -0.1) is 10.2 Å². The molecule has 1 fully saturated rings. The van der Waals surface area contributed by atoms with Crippen molar-refractivity contribution in [3.8, 4) is 11.6 Å². The number of aromatic nitrogens is 3. The van der Waals surface area contributed by atoms with Crippen LogP contribution in [0.2, 0.25) is 0 Å². The van der Waals surface area contributed by atoms with Crippen molar-refractivity contribution >= 4 is 16.9 Å². The minimum atomic E-state index is 0.462. The van der Waals surface area contributed by atoms with Crippen molar-refractivity contribution in [2.24, 2.45) is 0 Å². The van der Waals surface area contributed by atoms with Crippen molar-refractivity contribution in [1.29, 1.82) is 0 Å². The van der Waals surface area contributed by atoms with Crippen LogP contribution in [0.1, 0.15) is 5.89 Å². The van der Waals surface area contributed by atoms with Crippen LogP contribution < -0.4 is 15.0 Å². The Morgan fingerprint density at radius 2 is 2.00 bits per heavy atom. The van der Waals surface area contributed by atoms with Crippen molar-refractivity contribution in [3.05, 3.63) is 36.2 Å². The van der Waals surface area contributed by atoms with Gasteiger partial charge in [0.2, 0.25) is 5.88 Å². The van der Waals surface area contributed by atoms with Crippen molar-refractivity contribution in [1.82, 2.24) is 20.5 Å². The average Bonchev–Trinajstić information content (AvgIpc) is 2.96. The molecule has 1 N–H and O–H groups in total. The lowest BCUT2D eigenvalue weighted by molar-refractivity contribution is 0.455. The molecule has 4 rings (SSSR count). The number of benzene rings is 1. The molecule has 3 aromatic rings. The van der Waals surface area contributed by atoms with E-state index in [4.69, 9.17) is 9.15 Å². The van der Waals surface area contributed by atoms with Crippen LogP contribution in [0.3, 0.4) is 0 Å². The van der Waals surface area contributed by atoms with Gasteiger partial charge in [0.15, 0.2) is 17.3 Å². The van der Waals surface area contributed by atoms with Crippen LogP contribution >= 0.6 is 0 Å². The third kappa shape index (κ3) is 2.95. The van der Waals surface area contributed by atoms with Gasteiger partial charge in [-0.2, -0.15) is 0 Å². The number of nitrogens with one attached hydrogen (secondary N) is 1. The fourth-order valence-corrected chi connectivity index (χ4v) is 2.64. The van der Waals surface area contributed by atoms with Gasteiger partial charge >= 0.3 is 0 Å². The average molecular weight is 311 g/mol. The molecule has 0 bridgehead atoms. The van der Waals surface area contributed by atoms with E-state index >= 15 is 0 Å². The molecular formula is C16H17N5O2. The van der Waals surface area contributed by atoms with Crippen LogP contribution in [0, 0.1) is 6.92 Å². The Morgan fingerprint density at radius 1 is 1.13 bits per heavy atom. The fourth-order valence-electron chi connectivity index (χ4n) is 2.64. The second-order valence-corrected chi connectivity index (χ2v) is 5.43. The normalized spacial score (nSPS) is 15.1. The zero-order valence-corrected chi connectivity index (χ0v) is 12.8. The zero-order chi connectivity index (χ0) is 15.6. The summed E-state index contributed by atoms with van der Waals surface area (Å²) in [6.45, 7) is 5.64. The molecule has 0 amide bonds. The van der Waals surface area contributed by atoms with Crippen molar-refractivity contribution in [3.63, 3.8) is 0 Å². The number of fused-ring (bicyclic) bond motifs is 1. The Bertz CT molecular complexity index is 809. The van der Waals surface area contributed by atoms with Crippen LogP contribution in [0.15, 0.2) is 34.7 Å². The largest absolute Gasteiger partial charge is 0.441 e. The SMILES string of the molecule is Cc1nc2cc(Oc3ccc(N4CCNCC4)nn3)ccc2o1. The molecule has 0 radical (unpaired) electrons. The number of anilines is 1. The molecule has 2 aromatic heterocycles. The summed E-state index contributed by atoms with van der Waals surface area (Å²) >= 11 is 0. The molecule has 0 saturated carbocycles. The molecule has 7 nitrogen and oxygen atoms in total. The number of oxazole rings is 1. The molecule has 0 aliphatic carbocycles. The van der Waals surface area contributed by atoms with E-state index in [-0.39, 0.29) is 0 Å². The van der Waals surface area contributed by atoms with Crippen LogP contribution in [0.4, 0.5) is 5.82 Å². The summed E-state index contributed by atoms with van der Waals surface area (Å²) < 4.78 is 11.2. The summed E-state index contributed by atoms with van der Waals surface area (Å²) in [4.78, 5) is 6.50. The molecule has 1 aromatic carbocycles. The summed E-state index contributed by atoms with van der Waals surface area (Å²) in [5, 5.41) is 11.7. The van der Waals surface area contributed by atoms with Crippen LogP contribution in [0.25, 0.3) is 11.1 Å². The maximum absolute atomic E-state index is 5.75. The lowest BCUT2D eigenvalue weighted by atomic mass is 10.3. The predicted molar refractivity (Wildman–Crippen MR) is 85.9 cm³/mol. The molecule has 118 valence electrons. The Morgan fingerprint density at radius 3 is 2.78 bits per heavy atom. The first-order valence-electron chi connectivity index (χ1n) is 7.62. The lowest BCUT2D eigenvalue weighted by Gasteiger charge is -2.27. The number of hydrogen-bond donors (Lipinski definition) is 1. The molecule has 7 heteroatoms. The molecule has 0 spiro atoms. The highest BCUT2D eigenvalue weighted by Crippen LogP contribution is 2.25. The Balaban J connectivity index is 1.50. The van der Waals surface area contributed by atoms with Gasteiger partial charge in [-0.05, 0) is 18.2 Å². The van der Waals surface area contributed by atoms with Crippen molar-refractivity contribution < 1.29 is 9.15 Å². The molecule has 23 heavy (non-hydrogen) atoms. The number of aryl methyl sites for hydroxylation is 1. The topological polar surface area (TPSA) is 76.3 Å². The third-order valence-electron chi connectivity index (χ3n) is 3.76. The van der Waals surface area contributed by atoms with E-state index in [1.807, 2.05) is 37.3 Å². The van der Waals surface area contributed by atoms with Gasteiger partial charge in [-0.25, -0.2) is 4.98 Å². The zero-order valence-electron chi connectivity index (χ0n) is 12.8. The third-order valence-corrected chi connectivity index (χ3v) is 3.76. The molecule has 0 atom stereocenters. The molecule has 1 saturated heterocycles. The summed E-state index contributed by atoms with van der Waals surface area (Å²) in [7, 11) is 0. The number of rotatable bonds is 3. The summed E-state index contributed by atoms with van der Waals surface area (Å²) in [5.41, 5.74) is 1.51. The van der Waals surface area contributed by atoms with E-state index in [1.54, 1.807) is 0 Å².